The second kappa shape index (κ2) is 6.02. The molecule has 21 heavy (non-hydrogen) atoms. The molecule has 0 saturated carbocycles. The summed E-state index contributed by atoms with van der Waals surface area (Å²) in [6.07, 6.45) is -0.689. The number of hydrogen-bond acceptors (Lipinski definition) is 4. The summed E-state index contributed by atoms with van der Waals surface area (Å²) in [6, 6.07) is 10.5. The number of aliphatic hydroxyl groups excluding tert-OH is 1. The Bertz CT molecular complexity index is 663. The maximum absolute atomic E-state index is 10.2. The van der Waals surface area contributed by atoms with E-state index < -0.39 is 6.10 Å². The molecule has 2 N–H and O–H groups in total. The molecule has 2 aromatic carbocycles. The summed E-state index contributed by atoms with van der Waals surface area (Å²) in [7, 11) is 0. The summed E-state index contributed by atoms with van der Waals surface area (Å²) >= 11 is 11.9. The van der Waals surface area contributed by atoms with Gasteiger partial charge in [-0.1, -0.05) is 29.3 Å². The van der Waals surface area contributed by atoms with E-state index in [9.17, 15) is 5.11 Å². The quantitative estimate of drug-likeness (QED) is 0.896. The highest BCUT2D eigenvalue weighted by Crippen LogP contribution is 2.34. The highest BCUT2D eigenvalue weighted by atomic mass is 35.5. The van der Waals surface area contributed by atoms with Crippen molar-refractivity contribution in [2.75, 3.05) is 18.7 Å². The number of fused-ring (bicyclic) bond motifs is 1. The first-order chi connectivity index (χ1) is 10.1. The molecule has 0 bridgehead atoms. The standard InChI is InChI=1S/C15H13Cl2NO3/c16-10-2-3-12(11(17)6-10)18-7-13(19)9-1-4-14-15(5-9)21-8-20-14/h1-6,13,18-19H,7-8H2. The van der Waals surface area contributed by atoms with E-state index in [1.54, 1.807) is 30.3 Å². The lowest BCUT2D eigenvalue weighted by Gasteiger charge is -2.14. The van der Waals surface area contributed by atoms with Crippen molar-refractivity contribution >= 4 is 28.9 Å². The molecule has 1 aliphatic heterocycles. The number of aliphatic hydroxyl groups is 1. The van der Waals surface area contributed by atoms with Gasteiger partial charge >= 0.3 is 0 Å². The Balaban J connectivity index is 1.67. The van der Waals surface area contributed by atoms with Gasteiger partial charge in [0.05, 0.1) is 16.8 Å². The molecule has 0 radical (unpaired) electrons. The lowest BCUT2D eigenvalue weighted by molar-refractivity contribution is 0.173. The molecule has 0 aromatic heterocycles. The minimum atomic E-state index is -0.689. The van der Waals surface area contributed by atoms with E-state index in [2.05, 4.69) is 5.32 Å². The SMILES string of the molecule is OC(CNc1ccc(Cl)cc1Cl)c1ccc2c(c1)OCO2. The van der Waals surface area contributed by atoms with Crippen LogP contribution in [0, 0.1) is 0 Å². The van der Waals surface area contributed by atoms with Crippen molar-refractivity contribution in [3.63, 3.8) is 0 Å². The molecule has 0 fully saturated rings. The predicted octanol–water partition coefficient (Wildman–Crippen LogP) is 3.87. The highest BCUT2D eigenvalue weighted by molar-refractivity contribution is 6.36. The van der Waals surface area contributed by atoms with Crippen molar-refractivity contribution in [3.05, 3.63) is 52.0 Å². The van der Waals surface area contributed by atoms with E-state index in [-0.39, 0.29) is 6.79 Å². The lowest BCUT2D eigenvalue weighted by Crippen LogP contribution is -2.12. The molecule has 2 aromatic rings. The minimum absolute atomic E-state index is 0.216. The van der Waals surface area contributed by atoms with Crippen LogP contribution in [-0.4, -0.2) is 18.4 Å². The van der Waals surface area contributed by atoms with Gasteiger partial charge in [0.1, 0.15) is 0 Å². The molecule has 1 aliphatic rings. The molecule has 1 unspecified atom stereocenters. The monoisotopic (exact) mass is 325 g/mol. The van der Waals surface area contributed by atoms with Gasteiger partial charge in [0.2, 0.25) is 6.79 Å². The molecule has 0 amide bonds. The van der Waals surface area contributed by atoms with Crippen LogP contribution in [0.4, 0.5) is 5.69 Å². The second-order valence-electron chi connectivity index (χ2n) is 4.63. The third-order valence-electron chi connectivity index (χ3n) is 3.20. The van der Waals surface area contributed by atoms with Crippen LogP contribution < -0.4 is 14.8 Å². The zero-order valence-corrected chi connectivity index (χ0v) is 12.5. The van der Waals surface area contributed by atoms with Crippen LogP contribution >= 0.6 is 23.2 Å². The Kier molecular flexibility index (Phi) is 4.10. The molecular weight excluding hydrogens is 313 g/mol. The molecular formula is C15H13Cl2NO3. The van der Waals surface area contributed by atoms with Crippen molar-refractivity contribution in [1.29, 1.82) is 0 Å². The van der Waals surface area contributed by atoms with Crippen LogP contribution in [0.1, 0.15) is 11.7 Å². The van der Waals surface area contributed by atoms with Crippen molar-refractivity contribution in [2.24, 2.45) is 0 Å². The number of rotatable bonds is 4. The zero-order chi connectivity index (χ0) is 14.8. The van der Waals surface area contributed by atoms with E-state index >= 15 is 0 Å². The van der Waals surface area contributed by atoms with Gasteiger partial charge in [0.15, 0.2) is 11.5 Å². The summed E-state index contributed by atoms with van der Waals surface area (Å²) < 4.78 is 10.5. The lowest BCUT2D eigenvalue weighted by atomic mass is 10.1. The Morgan fingerprint density at radius 3 is 2.71 bits per heavy atom. The van der Waals surface area contributed by atoms with Gasteiger partial charge in [-0.25, -0.2) is 0 Å². The third kappa shape index (κ3) is 3.18. The molecule has 3 rings (SSSR count). The first-order valence-electron chi connectivity index (χ1n) is 6.40. The molecule has 110 valence electrons. The Morgan fingerprint density at radius 2 is 1.90 bits per heavy atom. The van der Waals surface area contributed by atoms with Crippen LogP contribution in [0.2, 0.25) is 10.0 Å². The molecule has 0 saturated heterocycles. The number of ether oxygens (including phenoxy) is 2. The smallest absolute Gasteiger partial charge is 0.231 e. The number of anilines is 1. The summed E-state index contributed by atoms with van der Waals surface area (Å²) in [5.74, 6) is 1.34. The van der Waals surface area contributed by atoms with Crippen molar-refractivity contribution in [1.82, 2.24) is 0 Å². The summed E-state index contributed by atoms with van der Waals surface area (Å²) in [5.41, 5.74) is 1.47. The molecule has 1 heterocycles. The maximum atomic E-state index is 10.2. The van der Waals surface area contributed by atoms with E-state index in [0.29, 0.717) is 28.1 Å². The number of hydrogen-bond donors (Lipinski definition) is 2. The number of nitrogens with one attached hydrogen (secondary N) is 1. The molecule has 0 spiro atoms. The molecule has 0 aliphatic carbocycles. The van der Waals surface area contributed by atoms with E-state index in [1.165, 1.54) is 0 Å². The Hall–Kier alpha value is -1.62. The fraction of sp³-hybridized carbons (Fsp3) is 0.200. The van der Waals surface area contributed by atoms with Gasteiger partial charge in [-0.2, -0.15) is 0 Å². The number of benzene rings is 2. The van der Waals surface area contributed by atoms with Gasteiger partial charge < -0.3 is 19.9 Å². The average Bonchev–Trinajstić information content (AvgIpc) is 2.93. The fourth-order valence-electron chi connectivity index (χ4n) is 2.08. The van der Waals surface area contributed by atoms with Gasteiger partial charge in [0.25, 0.3) is 0 Å². The predicted molar refractivity (Wildman–Crippen MR) is 82.5 cm³/mol. The molecule has 4 nitrogen and oxygen atoms in total. The normalized spacial score (nSPS) is 14.0. The highest BCUT2D eigenvalue weighted by Gasteiger charge is 2.16. The summed E-state index contributed by atoms with van der Waals surface area (Å²) in [5, 5.41) is 14.4. The van der Waals surface area contributed by atoms with E-state index in [0.717, 1.165) is 11.3 Å². The Morgan fingerprint density at radius 1 is 1.10 bits per heavy atom. The second-order valence-corrected chi connectivity index (χ2v) is 5.48. The number of halogens is 2. The van der Waals surface area contributed by atoms with Crippen LogP contribution in [0.5, 0.6) is 11.5 Å². The molecule has 1 atom stereocenters. The van der Waals surface area contributed by atoms with E-state index in [4.69, 9.17) is 32.7 Å². The first-order valence-corrected chi connectivity index (χ1v) is 7.15. The maximum Gasteiger partial charge on any atom is 0.231 e. The average molecular weight is 326 g/mol. The topological polar surface area (TPSA) is 50.7 Å². The van der Waals surface area contributed by atoms with Crippen molar-refractivity contribution in [3.8, 4) is 11.5 Å². The van der Waals surface area contributed by atoms with Gasteiger partial charge in [-0.3, -0.25) is 0 Å². The van der Waals surface area contributed by atoms with Crippen LogP contribution in [0.3, 0.4) is 0 Å². The fourth-order valence-corrected chi connectivity index (χ4v) is 2.55. The molecule has 6 heteroatoms. The third-order valence-corrected chi connectivity index (χ3v) is 3.75. The van der Waals surface area contributed by atoms with E-state index in [1.807, 2.05) is 6.07 Å². The van der Waals surface area contributed by atoms with Crippen LogP contribution in [0.15, 0.2) is 36.4 Å². The van der Waals surface area contributed by atoms with Crippen molar-refractivity contribution < 1.29 is 14.6 Å². The minimum Gasteiger partial charge on any atom is -0.454 e. The zero-order valence-electron chi connectivity index (χ0n) is 11.0. The Labute approximate surface area is 132 Å². The van der Waals surface area contributed by atoms with Gasteiger partial charge in [-0.15, -0.1) is 0 Å². The summed E-state index contributed by atoms with van der Waals surface area (Å²) in [6.45, 7) is 0.536. The van der Waals surface area contributed by atoms with Crippen molar-refractivity contribution in [2.45, 2.75) is 6.10 Å². The van der Waals surface area contributed by atoms with Crippen LogP contribution in [-0.2, 0) is 0 Å². The largest absolute Gasteiger partial charge is 0.454 e. The summed E-state index contributed by atoms with van der Waals surface area (Å²) in [4.78, 5) is 0. The van der Waals surface area contributed by atoms with Gasteiger partial charge in [0, 0.05) is 11.6 Å². The first kappa shape index (κ1) is 14.3. The van der Waals surface area contributed by atoms with Gasteiger partial charge in [-0.05, 0) is 35.9 Å². The van der Waals surface area contributed by atoms with Crippen LogP contribution in [0.25, 0.3) is 0 Å².